The van der Waals surface area contributed by atoms with Crippen molar-refractivity contribution in [3.05, 3.63) is 63.6 Å². The zero-order chi connectivity index (χ0) is 15.2. The molecule has 1 unspecified atom stereocenters. The monoisotopic (exact) mass is 347 g/mol. The third-order valence-corrected chi connectivity index (χ3v) is 4.15. The summed E-state index contributed by atoms with van der Waals surface area (Å²) in [5.74, 6) is 0.942. The molecule has 1 atom stereocenters. The molecule has 2 rings (SSSR count). The van der Waals surface area contributed by atoms with Crippen molar-refractivity contribution in [3.63, 3.8) is 0 Å². The lowest BCUT2D eigenvalue weighted by Gasteiger charge is -2.20. The quantitative estimate of drug-likeness (QED) is 0.820. The Morgan fingerprint density at radius 3 is 2.43 bits per heavy atom. The number of methoxy groups -OCH3 is 1. The standard InChI is InChI=1S/C18H22BrNO/c1-4-20-17(12-14-5-8-16(19)9-6-14)15-7-10-18(21-3)13(2)11-15/h5-11,17,20H,4,12H2,1-3H3. The second-order valence-corrected chi connectivity index (χ2v) is 6.09. The number of likely N-dealkylation sites (N-methyl/N-ethyl adjacent to an activating group) is 1. The maximum absolute atomic E-state index is 5.35. The molecule has 21 heavy (non-hydrogen) atoms. The summed E-state index contributed by atoms with van der Waals surface area (Å²) in [5.41, 5.74) is 3.81. The molecular formula is C18H22BrNO. The molecule has 0 saturated heterocycles. The first-order valence-electron chi connectivity index (χ1n) is 7.26. The molecule has 0 radical (unpaired) electrons. The highest BCUT2D eigenvalue weighted by Gasteiger charge is 2.12. The summed E-state index contributed by atoms with van der Waals surface area (Å²) in [4.78, 5) is 0. The molecule has 0 spiro atoms. The third kappa shape index (κ3) is 4.32. The summed E-state index contributed by atoms with van der Waals surface area (Å²) in [5, 5.41) is 3.57. The molecule has 0 bridgehead atoms. The molecule has 0 aliphatic carbocycles. The molecule has 2 aromatic carbocycles. The first-order chi connectivity index (χ1) is 10.1. The van der Waals surface area contributed by atoms with Crippen molar-refractivity contribution in [2.75, 3.05) is 13.7 Å². The number of benzene rings is 2. The predicted octanol–water partition coefficient (Wildman–Crippen LogP) is 4.66. The van der Waals surface area contributed by atoms with Gasteiger partial charge in [-0.1, -0.05) is 47.1 Å². The molecule has 3 heteroatoms. The number of ether oxygens (including phenoxy) is 1. The van der Waals surface area contributed by atoms with E-state index in [2.05, 4.69) is 77.6 Å². The van der Waals surface area contributed by atoms with Crippen LogP contribution in [0.5, 0.6) is 5.75 Å². The minimum atomic E-state index is 0.320. The molecule has 0 fully saturated rings. The van der Waals surface area contributed by atoms with Gasteiger partial charge in [0.15, 0.2) is 0 Å². The highest BCUT2D eigenvalue weighted by molar-refractivity contribution is 9.10. The van der Waals surface area contributed by atoms with E-state index in [-0.39, 0.29) is 0 Å². The van der Waals surface area contributed by atoms with Crippen LogP contribution in [-0.4, -0.2) is 13.7 Å². The van der Waals surface area contributed by atoms with Crippen molar-refractivity contribution >= 4 is 15.9 Å². The molecule has 0 aliphatic heterocycles. The van der Waals surface area contributed by atoms with Gasteiger partial charge in [0.2, 0.25) is 0 Å². The summed E-state index contributed by atoms with van der Waals surface area (Å²) in [6.07, 6.45) is 0.979. The summed E-state index contributed by atoms with van der Waals surface area (Å²) in [7, 11) is 1.71. The zero-order valence-electron chi connectivity index (χ0n) is 12.8. The van der Waals surface area contributed by atoms with Gasteiger partial charge in [0.1, 0.15) is 5.75 Å². The molecule has 0 amide bonds. The van der Waals surface area contributed by atoms with E-state index in [1.54, 1.807) is 7.11 Å². The Labute approximate surface area is 135 Å². The maximum atomic E-state index is 5.35. The number of nitrogens with one attached hydrogen (secondary N) is 1. The van der Waals surface area contributed by atoms with Gasteiger partial charge in [-0.05, 0) is 54.8 Å². The van der Waals surface area contributed by atoms with Gasteiger partial charge in [-0.25, -0.2) is 0 Å². The Bertz CT molecular complexity index is 580. The van der Waals surface area contributed by atoms with E-state index in [4.69, 9.17) is 4.74 Å². The van der Waals surface area contributed by atoms with Crippen LogP contribution in [0.1, 0.15) is 29.7 Å². The fourth-order valence-electron chi connectivity index (χ4n) is 2.53. The van der Waals surface area contributed by atoms with Crippen LogP contribution in [0.4, 0.5) is 0 Å². The summed E-state index contributed by atoms with van der Waals surface area (Å²) < 4.78 is 6.46. The molecule has 112 valence electrons. The first kappa shape index (κ1) is 16.1. The Morgan fingerprint density at radius 1 is 1.14 bits per heavy atom. The van der Waals surface area contributed by atoms with Crippen LogP contribution >= 0.6 is 15.9 Å². The fraction of sp³-hybridized carbons (Fsp3) is 0.333. The summed E-state index contributed by atoms with van der Waals surface area (Å²) >= 11 is 3.48. The van der Waals surface area contributed by atoms with E-state index in [9.17, 15) is 0 Å². The van der Waals surface area contributed by atoms with Crippen LogP contribution in [0, 0.1) is 6.92 Å². The largest absolute Gasteiger partial charge is 0.496 e. The summed E-state index contributed by atoms with van der Waals surface area (Å²) in [6.45, 7) is 5.18. The maximum Gasteiger partial charge on any atom is 0.121 e. The Hall–Kier alpha value is -1.32. The minimum absolute atomic E-state index is 0.320. The topological polar surface area (TPSA) is 21.3 Å². The molecule has 2 aromatic rings. The Morgan fingerprint density at radius 2 is 1.86 bits per heavy atom. The van der Waals surface area contributed by atoms with Gasteiger partial charge in [0.05, 0.1) is 7.11 Å². The van der Waals surface area contributed by atoms with Gasteiger partial charge in [-0.2, -0.15) is 0 Å². The second kappa shape index (κ2) is 7.62. The average molecular weight is 348 g/mol. The number of hydrogen-bond acceptors (Lipinski definition) is 2. The van der Waals surface area contributed by atoms with Crippen molar-refractivity contribution in [1.82, 2.24) is 5.32 Å². The first-order valence-corrected chi connectivity index (χ1v) is 8.05. The van der Waals surface area contributed by atoms with Crippen molar-refractivity contribution in [2.24, 2.45) is 0 Å². The number of aryl methyl sites for hydroxylation is 1. The lowest BCUT2D eigenvalue weighted by Crippen LogP contribution is -2.23. The lowest BCUT2D eigenvalue weighted by molar-refractivity contribution is 0.411. The molecule has 0 heterocycles. The minimum Gasteiger partial charge on any atom is -0.496 e. The van der Waals surface area contributed by atoms with Crippen LogP contribution in [0.15, 0.2) is 46.9 Å². The molecule has 0 saturated carbocycles. The molecule has 1 N–H and O–H groups in total. The third-order valence-electron chi connectivity index (χ3n) is 3.62. The SMILES string of the molecule is CCNC(Cc1ccc(Br)cc1)c1ccc(OC)c(C)c1. The molecular weight excluding hydrogens is 326 g/mol. The Balaban J connectivity index is 2.21. The van der Waals surface area contributed by atoms with Crippen molar-refractivity contribution < 1.29 is 4.74 Å². The fourth-order valence-corrected chi connectivity index (χ4v) is 2.79. The van der Waals surface area contributed by atoms with Crippen molar-refractivity contribution in [2.45, 2.75) is 26.3 Å². The van der Waals surface area contributed by atoms with Crippen molar-refractivity contribution in [1.29, 1.82) is 0 Å². The molecule has 0 aromatic heterocycles. The van der Waals surface area contributed by atoms with E-state index in [0.29, 0.717) is 6.04 Å². The van der Waals surface area contributed by atoms with E-state index in [0.717, 1.165) is 23.2 Å². The van der Waals surface area contributed by atoms with E-state index < -0.39 is 0 Å². The van der Waals surface area contributed by atoms with E-state index in [1.807, 2.05) is 0 Å². The summed E-state index contributed by atoms with van der Waals surface area (Å²) in [6, 6.07) is 15.3. The van der Waals surface area contributed by atoms with Crippen LogP contribution in [-0.2, 0) is 6.42 Å². The van der Waals surface area contributed by atoms with Crippen LogP contribution in [0.25, 0.3) is 0 Å². The average Bonchev–Trinajstić information content (AvgIpc) is 2.49. The predicted molar refractivity (Wildman–Crippen MR) is 92.0 cm³/mol. The van der Waals surface area contributed by atoms with Gasteiger partial charge >= 0.3 is 0 Å². The van der Waals surface area contributed by atoms with Crippen LogP contribution in [0.2, 0.25) is 0 Å². The van der Waals surface area contributed by atoms with Crippen LogP contribution in [0.3, 0.4) is 0 Å². The highest BCUT2D eigenvalue weighted by atomic mass is 79.9. The lowest BCUT2D eigenvalue weighted by atomic mass is 9.97. The number of halogens is 1. The van der Waals surface area contributed by atoms with Gasteiger partial charge in [-0.3, -0.25) is 0 Å². The van der Waals surface area contributed by atoms with Gasteiger partial charge < -0.3 is 10.1 Å². The Kier molecular flexibility index (Phi) is 5.83. The molecule has 0 aliphatic rings. The van der Waals surface area contributed by atoms with Gasteiger partial charge in [-0.15, -0.1) is 0 Å². The van der Waals surface area contributed by atoms with E-state index >= 15 is 0 Å². The van der Waals surface area contributed by atoms with Gasteiger partial charge in [0, 0.05) is 10.5 Å². The number of hydrogen-bond donors (Lipinski definition) is 1. The number of rotatable bonds is 6. The van der Waals surface area contributed by atoms with Gasteiger partial charge in [0.25, 0.3) is 0 Å². The van der Waals surface area contributed by atoms with E-state index in [1.165, 1.54) is 16.7 Å². The van der Waals surface area contributed by atoms with Crippen LogP contribution < -0.4 is 10.1 Å². The zero-order valence-corrected chi connectivity index (χ0v) is 14.4. The smallest absolute Gasteiger partial charge is 0.121 e. The molecule has 2 nitrogen and oxygen atoms in total. The van der Waals surface area contributed by atoms with Crippen molar-refractivity contribution in [3.8, 4) is 5.75 Å². The highest BCUT2D eigenvalue weighted by Crippen LogP contribution is 2.25. The second-order valence-electron chi connectivity index (χ2n) is 5.17. The normalized spacial score (nSPS) is 12.2.